The van der Waals surface area contributed by atoms with Crippen LogP contribution in [0, 0.1) is 0 Å². The van der Waals surface area contributed by atoms with Gasteiger partial charge in [-0.3, -0.25) is 0 Å². The summed E-state index contributed by atoms with van der Waals surface area (Å²) in [6.07, 6.45) is -1.25. The summed E-state index contributed by atoms with van der Waals surface area (Å²) >= 11 is 0. The van der Waals surface area contributed by atoms with Crippen LogP contribution in [0.2, 0.25) is 0 Å². The molecule has 0 saturated carbocycles. The maximum absolute atomic E-state index is 9.69. The first-order valence-corrected chi connectivity index (χ1v) is 3.72. The molecule has 1 aliphatic rings. The Hall–Kier alpha value is -0.200. The van der Waals surface area contributed by atoms with E-state index in [0.717, 1.165) is 0 Å². The van der Waals surface area contributed by atoms with E-state index in [2.05, 4.69) is 0 Å². The lowest BCUT2D eigenvalue weighted by Crippen LogP contribution is -2.44. The molecule has 0 bridgehead atoms. The normalized spacial score (nSPS) is 42.0. The second-order valence-corrected chi connectivity index (χ2v) is 2.81. The Morgan fingerprint density at radius 2 is 2.25 bits per heavy atom. The highest BCUT2D eigenvalue weighted by Crippen LogP contribution is 2.29. The number of ether oxygens (including phenoxy) is 3. The molecule has 5 nitrogen and oxygen atoms in total. The fraction of sp³-hybridized carbons (Fsp3) is 1.00. The van der Waals surface area contributed by atoms with Crippen molar-refractivity contribution in [2.75, 3.05) is 20.8 Å². The largest absolute Gasteiger partial charge is 0.379 e. The predicted octanol–water partition coefficient (Wildman–Crippen LogP) is -0.925. The third-order valence-corrected chi connectivity index (χ3v) is 1.89. The van der Waals surface area contributed by atoms with Crippen molar-refractivity contribution in [1.82, 2.24) is 0 Å². The van der Waals surface area contributed by atoms with Gasteiger partial charge in [0.15, 0.2) is 6.29 Å². The van der Waals surface area contributed by atoms with Crippen molar-refractivity contribution in [1.29, 1.82) is 0 Å². The van der Waals surface area contributed by atoms with Gasteiger partial charge in [-0.05, 0) is 0 Å². The smallest absolute Gasteiger partial charge is 0.219 e. The predicted molar refractivity (Wildman–Crippen MR) is 39.3 cm³/mol. The Kier molecular flexibility index (Phi) is 3.03. The van der Waals surface area contributed by atoms with Crippen LogP contribution in [0.4, 0.5) is 0 Å². The Morgan fingerprint density at radius 3 is 2.75 bits per heavy atom. The molecule has 1 fully saturated rings. The molecule has 3 atom stereocenters. The van der Waals surface area contributed by atoms with Gasteiger partial charge in [-0.1, -0.05) is 0 Å². The zero-order valence-corrected chi connectivity index (χ0v) is 7.19. The SMILES string of the molecule is COC[C@@]1(O)O[C@@H](O)CC1OC. The summed E-state index contributed by atoms with van der Waals surface area (Å²) < 4.78 is 14.5. The number of hydrogen-bond donors (Lipinski definition) is 2. The molecule has 0 radical (unpaired) electrons. The highest BCUT2D eigenvalue weighted by atomic mass is 16.7. The van der Waals surface area contributed by atoms with Crippen molar-refractivity contribution in [3.05, 3.63) is 0 Å². The first-order valence-electron chi connectivity index (χ1n) is 3.72. The van der Waals surface area contributed by atoms with Crippen LogP contribution >= 0.6 is 0 Å². The molecule has 2 N–H and O–H groups in total. The van der Waals surface area contributed by atoms with Gasteiger partial charge in [0.05, 0.1) is 0 Å². The molecule has 1 saturated heterocycles. The summed E-state index contributed by atoms with van der Waals surface area (Å²) in [6.45, 7) is -0.0113. The average molecular weight is 178 g/mol. The Balaban J connectivity index is 2.60. The van der Waals surface area contributed by atoms with Crippen molar-refractivity contribution in [2.45, 2.75) is 24.6 Å². The third kappa shape index (κ3) is 1.75. The number of rotatable bonds is 3. The second kappa shape index (κ2) is 3.68. The van der Waals surface area contributed by atoms with Gasteiger partial charge in [-0.25, -0.2) is 0 Å². The molecule has 72 valence electrons. The van der Waals surface area contributed by atoms with Gasteiger partial charge in [0.2, 0.25) is 5.79 Å². The van der Waals surface area contributed by atoms with E-state index in [1.807, 2.05) is 0 Å². The van der Waals surface area contributed by atoms with Crippen molar-refractivity contribution in [3.63, 3.8) is 0 Å². The van der Waals surface area contributed by atoms with Gasteiger partial charge in [0.25, 0.3) is 0 Å². The van der Waals surface area contributed by atoms with Crippen LogP contribution in [0.5, 0.6) is 0 Å². The van der Waals surface area contributed by atoms with E-state index in [-0.39, 0.29) is 13.0 Å². The van der Waals surface area contributed by atoms with Gasteiger partial charge in [-0.2, -0.15) is 0 Å². The molecule has 1 rings (SSSR count). The minimum atomic E-state index is -1.51. The Bertz CT molecular complexity index is 151. The van der Waals surface area contributed by atoms with E-state index >= 15 is 0 Å². The van der Waals surface area contributed by atoms with Gasteiger partial charge in [-0.15, -0.1) is 0 Å². The fourth-order valence-electron chi connectivity index (χ4n) is 1.34. The second-order valence-electron chi connectivity index (χ2n) is 2.81. The maximum atomic E-state index is 9.69. The molecule has 0 aromatic heterocycles. The van der Waals surface area contributed by atoms with Gasteiger partial charge in [0, 0.05) is 20.6 Å². The molecule has 0 aromatic carbocycles. The molecular weight excluding hydrogens is 164 g/mol. The van der Waals surface area contributed by atoms with Gasteiger partial charge < -0.3 is 24.4 Å². The van der Waals surface area contributed by atoms with Crippen molar-refractivity contribution in [3.8, 4) is 0 Å². The lowest BCUT2D eigenvalue weighted by Gasteiger charge is -2.26. The summed E-state index contributed by atoms with van der Waals surface area (Å²) in [5, 5.41) is 18.8. The van der Waals surface area contributed by atoms with E-state index in [1.165, 1.54) is 14.2 Å². The minimum absolute atomic E-state index is 0.0113. The fourth-order valence-corrected chi connectivity index (χ4v) is 1.34. The molecule has 0 spiro atoms. The molecule has 1 heterocycles. The van der Waals surface area contributed by atoms with Gasteiger partial charge >= 0.3 is 0 Å². The van der Waals surface area contributed by atoms with Crippen LogP contribution in [0.25, 0.3) is 0 Å². The van der Waals surface area contributed by atoms with E-state index in [0.29, 0.717) is 0 Å². The van der Waals surface area contributed by atoms with Crippen LogP contribution in [0.15, 0.2) is 0 Å². The average Bonchev–Trinajstić information content (AvgIpc) is 2.26. The summed E-state index contributed by atoms with van der Waals surface area (Å²) in [5.41, 5.74) is 0. The third-order valence-electron chi connectivity index (χ3n) is 1.89. The number of aliphatic hydroxyl groups excluding tert-OH is 1. The zero-order chi connectivity index (χ0) is 9.19. The molecule has 12 heavy (non-hydrogen) atoms. The molecule has 1 aliphatic heterocycles. The quantitative estimate of drug-likeness (QED) is 0.584. The molecule has 5 heteroatoms. The topological polar surface area (TPSA) is 68.2 Å². The van der Waals surface area contributed by atoms with E-state index in [9.17, 15) is 5.11 Å². The van der Waals surface area contributed by atoms with Crippen LogP contribution < -0.4 is 0 Å². The Labute approximate surface area is 70.9 Å². The molecule has 0 aliphatic carbocycles. The molecule has 0 amide bonds. The summed E-state index contributed by atoms with van der Waals surface area (Å²) in [4.78, 5) is 0. The summed E-state index contributed by atoms with van der Waals surface area (Å²) in [6, 6.07) is 0. The Morgan fingerprint density at radius 1 is 1.58 bits per heavy atom. The first-order chi connectivity index (χ1) is 5.62. The lowest BCUT2D eigenvalue weighted by atomic mass is 10.1. The van der Waals surface area contributed by atoms with E-state index in [4.69, 9.17) is 19.3 Å². The number of aliphatic hydroxyl groups is 2. The number of hydrogen-bond acceptors (Lipinski definition) is 5. The van der Waals surface area contributed by atoms with Crippen LogP contribution in [0.3, 0.4) is 0 Å². The van der Waals surface area contributed by atoms with Crippen molar-refractivity contribution >= 4 is 0 Å². The molecule has 1 unspecified atom stereocenters. The highest BCUT2D eigenvalue weighted by molar-refractivity contribution is 4.85. The summed E-state index contributed by atoms with van der Waals surface area (Å²) in [5.74, 6) is -1.51. The minimum Gasteiger partial charge on any atom is -0.379 e. The van der Waals surface area contributed by atoms with E-state index in [1.54, 1.807) is 0 Å². The van der Waals surface area contributed by atoms with Crippen LogP contribution in [-0.4, -0.2) is 49.2 Å². The van der Waals surface area contributed by atoms with Crippen LogP contribution in [-0.2, 0) is 14.2 Å². The maximum Gasteiger partial charge on any atom is 0.219 e. The van der Waals surface area contributed by atoms with Crippen LogP contribution in [0.1, 0.15) is 6.42 Å². The lowest BCUT2D eigenvalue weighted by molar-refractivity contribution is -0.277. The standard InChI is InChI=1S/C7H14O5/c1-10-4-7(9)5(11-2)3-6(8)12-7/h5-6,8-9H,3-4H2,1-2H3/t5?,6-,7-/m1/s1. The van der Waals surface area contributed by atoms with Crippen molar-refractivity contribution in [2.24, 2.45) is 0 Å². The molecule has 0 aromatic rings. The van der Waals surface area contributed by atoms with E-state index < -0.39 is 18.2 Å². The monoisotopic (exact) mass is 178 g/mol. The zero-order valence-electron chi connectivity index (χ0n) is 7.19. The molecular formula is C7H14O5. The highest BCUT2D eigenvalue weighted by Gasteiger charge is 2.47. The first kappa shape index (κ1) is 9.88. The summed E-state index contributed by atoms with van der Waals surface area (Å²) in [7, 11) is 2.89. The number of methoxy groups -OCH3 is 2. The van der Waals surface area contributed by atoms with Crippen molar-refractivity contribution < 1.29 is 24.4 Å². The van der Waals surface area contributed by atoms with Gasteiger partial charge in [0.1, 0.15) is 12.7 Å².